The summed E-state index contributed by atoms with van der Waals surface area (Å²) in [5.41, 5.74) is -3.94. The predicted molar refractivity (Wildman–Crippen MR) is 207 cm³/mol. The molecule has 6 rings (SSSR count). The lowest BCUT2D eigenvalue weighted by Crippen LogP contribution is -2.42. The number of nitrogens with one attached hydrogen (secondary N) is 2. The SMILES string of the molecule is CCCCCn1c(=O)n(C)c(=O)c2nc(C(C)F)[nH]c(=O)c21.CCCCn1c(=O)n(CCCCc2noc(-c3ccccn3)n2)c(=O)c2nc(C(C)F)[nH]c(=O)c21. The van der Waals surface area contributed by atoms with Crippen molar-refractivity contribution in [2.45, 2.75) is 111 Å². The van der Waals surface area contributed by atoms with Gasteiger partial charge in [0.25, 0.3) is 28.1 Å². The lowest BCUT2D eigenvalue weighted by molar-refractivity contribution is 0.356. The standard InChI is InChI=1S/C23H26FN7O4.C14H19FN4O3/c1-3-4-12-30-18-17(27-19(14(2)24)28-20(18)32)22(33)31(23(30)34)13-8-6-10-16-26-21(35-29-16)15-9-5-7-11-25-15;1-4-5-6-7-19-10-9(13(21)18(3)14(19)22)16-11(8(2)15)17-12(10)20/h5,7,9,11,14H,3-4,6,8,10,12-13H2,1-2H3,(H,27,28,32);8H,4-7H2,1-3H3,(H,16,17,20). The smallest absolute Gasteiger partial charge is 0.331 e. The van der Waals surface area contributed by atoms with E-state index in [1.54, 1.807) is 18.3 Å². The van der Waals surface area contributed by atoms with E-state index in [1.807, 2.05) is 19.9 Å². The molecule has 304 valence electrons. The Balaban J connectivity index is 0.000000242. The summed E-state index contributed by atoms with van der Waals surface area (Å²) in [6.45, 7) is 7.07. The fourth-order valence-corrected chi connectivity index (χ4v) is 6.07. The Morgan fingerprint density at radius 1 is 0.702 bits per heavy atom. The van der Waals surface area contributed by atoms with Crippen LogP contribution in [-0.2, 0) is 33.1 Å². The van der Waals surface area contributed by atoms with Gasteiger partial charge in [0.2, 0.25) is 0 Å². The third-order valence-electron chi connectivity index (χ3n) is 9.16. The third kappa shape index (κ3) is 9.26. The summed E-state index contributed by atoms with van der Waals surface area (Å²) in [6.07, 6.45) is 4.03. The number of nitrogens with zero attached hydrogens (tertiary/aromatic N) is 9. The first-order valence-corrected chi connectivity index (χ1v) is 18.8. The van der Waals surface area contributed by atoms with E-state index in [0.717, 1.165) is 28.4 Å². The lowest BCUT2D eigenvalue weighted by Gasteiger charge is -2.13. The van der Waals surface area contributed by atoms with Crippen LogP contribution in [0.25, 0.3) is 33.7 Å². The Kier molecular flexibility index (Phi) is 13.7. The molecular weight excluding hydrogens is 748 g/mol. The second kappa shape index (κ2) is 18.6. The minimum Gasteiger partial charge on any atom is -0.332 e. The average Bonchev–Trinajstić information content (AvgIpc) is 3.67. The molecule has 2 N–H and O–H groups in total. The molecule has 6 aromatic heterocycles. The molecule has 2 unspecified atom stereocenters. The number of fused-ring (bicyclic) bond motifs is 2. The molecule has 0 aliphatic carbocycles. The molecule has 57 heavy (non-hydrogen) atoms. The molecule has 0 fully saturated rings. The van der Waals surface area contributed by atoms with Crippen LogP contribution in [0.1, 0.15) is 102 Å². The highest BCUT2D eigenvalue weighted by molar-refractivity contribution is 5.73. The van der Waals surface area contributed by atoms with Crippen molar-refractivity contribution >= 4 is 22.1 Å². The fourth-order valence-electron chi connectivity index (χ4n) is 6.07. The molecule has 0 saturated heterocycles. The summed E-state index contributed by atoms with van der Waals surface area (Å²) in [5, 5.41) is 3.95. The van der Waals surface area contributed by atoms with Gasteiger partial charge in [-0.3, -0.25) is 42.4 Å². The summed E-state index contributed by atoms with van der Waals surface area (Å²) in [7, 11) is 1.32. The van der Waals surface area contributed by atoms with Crippen molar-refractivity contribution < 1.29 is 13.3 Å². The Hall–Kier alpha value is -6.21. The van der Waals surface area contributed by atoms with Crippen LogP contribution < -0.4 is 33.6 Å². The Morgan fingerprint density at radius 3 is 1.84 bits per heavy atom. The van der Waals surface area contributed by atoms with E-state index >= 15 is 0 Å². The molecule has 0 aromatic carbocycles. The Bertz CT molecular complexity index is 2710. The van der Waals surface area contributed by atoms with Crippen molar-refractivity contribution in [3.8, 4) is 11.6 Å². The average molecular weight is 794 g/mol. The summed E-state index contributed by atoms with van der Waals surface area (Å²) >= 11 is 0. The first-order chi connectivity index (χ1) is 27.3. The highest BCUT2D eigenvalue weighted by Crippen LogP contribution is 2.15. The lowest BCUT2D eigenvalue weighted by atomic mass is 10.2. The highest BCUT2D eigenvalue weighted by atomic mass is 19.1. The van der Waals surface area contributed by atoms with Gasteiger partial charge in [-0.25, -0.2) is 28.3 Å². The second-order valence-corrected chi connectivity index (χ2v) is 13.5. The summed E-state index contributed by atoms with van der Waals surface area (Å²) in [5.74, 6) is 0.354. The van der Waals surface area contributed by atoms with Gasteiger partial charge in [0, 0.05) is 39.3 Å². The summed E-state index contributed by atoms with van der Waals surface area (Å²) in [4.78, 5) is 96.6. The molecule has 20 heteroatoms. The van der Waals surface area contributed by atoms with Crippen molar-refractivity contribution in [2.75, 3.05) is 0 Å². The maximum Gasteiger partial charge on any atom is 0.331 e. The predicted octanol–water partition coefficient (Wildman–Crippen LogP) is 3.55. The highest BCUT2D eigenvalue weighted by Gasteiger charge is 2.21. The minimum absolute atomic E-state index is 0.0893. The van der Waals surface area contributed by atoms with E-state index in [0.29, 0.717) is 56.1 Å². The number of pyridine rings is 1. The van der Waals surface area contributed by atoms with E-state index in [-0.39, 0.29) is 46.8 Å². The first-order valence-electron chi connectivity index (χ1n) is 18.8. The minimum atomic E-state index is -1.57. The number of aromatic amines is 2. The van der Waals surface area contributed by atoms with Crippen molar-refractivity contribution in [1.29, 1.82) is 0 Å². The normalized spacial score (nSPS) is 12.5. The summed E-state index contributed by atoms with van der Waals surface area (Å²) < 4.78 is 36.9. The van der Waals surface area contributed by atoms with Gasteiger partial charge >= 0.3 is 11.4 Å². The van der Waals surface area contributed by atoms with Gasteiger partial charge in [0.05, 0.1) is 0 Å². The molecular formula is C37H45F2N11O7. The number of unbranched alkanes of at least 4 members (excludes halogenated alkanes) is 4. The van der Waals surface area contributed by atoms with Gasteiger partial charge < -0.3 is 14.5 Å². The molecule has 0 aliphatic heterocycles. The molecule has 18 nitrogen and oxygen atoms in total. The molecule has 0 amide bonds. The van der Waals surface area contributed by atoms with Crippen LogP contribution in [0.5, 0.6) is 0 Å². The number of aromatic nitrogens is 11. The van der Waals surface area contributed by atoms with Gasteiger partial charge in [-0.05, 0) is 51.7 Å². The van der Waals surface area contributed by atoms with Crippen LogP contribution in [0, 0.1) is 0 Å². The second-order valence-electron chi connectivity index (χ2n) is 13.5. The number of H-pyrrole nitrogens is 2. The zero-order valence-electron chi connectivity index (χ0n) is 32.4. The Morgan fingerprint density at radius 2 is 1.26 bits per heavy atom. The maximum absolute atomic E-state index is 13.8. The van der Waals surface area contributed by atoms with Crippen molar-refractivity contribution in [3.63, 3.8) is 0 Å². The van der Waals surface area contributed by atoms with Crippen molar-refractivity contribution in [3.05, 3.63) is 104 Å². The number of alkyl halides is 2. The quantitative estimate of drug-likeness (QED) is 0.142. The van der Waals surface area contributed by atoms with E-state index in [9.17, 15) is 37.5 Å². The zero-order chi connectivity index (χ0) is 41.4. The molecule has 0 bridgehead atoms. The van der Waals surface area contributed by atoms with Crippen LogP contribution in [-0.4, -0.2) is 53.3 Å². The largest absolute Gasteiger partial charge is 0.332 e. The van der Waals surface area contributed by atoms with E-state index < -0.39 is 46.0 Å². The van der Waals surface area contributed by atoms with Gasteiger partial charge in [-0.2, -0.15) is 4.98 Å². The van der Waals surface area contributed by atoms with Crippen LogP contribution in [0.15, 0.2) is 57.7 Å². The number of hydrogen-bond donors (Lipinski definition) is 2. The Labute approximate surface area is 322 Å². The van der Waals surface area contributed by atoms with Crippen LogP contribution in [0.3, 0.4) is 0 Å². The molecule has 0 saturated carbocycles. The van der Waals surface area contributed by atoms with Crippen molar-refractivity contribution in [2.24, 2.45) is 7.05 Å². The van der Waals surface area contributed by atoms with Crippen molar-refractivity contribution in [1.82, 2.24) is 53.3 Å². The maximum atomic E-state index is 13.8. The third-order valence-corrected chi connectivity index (χ3v) is 9.16. The van der Waals surface area contributed by atoms with Crippen LogP contribution in [0.2, 0.25) is 0 Å². The van der Waals surface area contributed by atoms with Crippen LogP contribution in [0.4, 0.5) is 8.78 Å². The van der Waals surface area contributed by atoms with E-state index in [1.165, 1.54) is 30.0 Å². The van der Waals surface area contributed by atoms with Gasteiger partial charge in [0.1, 0.15) is 28.4 Å². The van der Waals surface area contributed by atoms with Gasteiger partial charge in [0.15, 0.2) is 29.2 Å². The number of hydrogen-bond acceptors (Lipinski definition) is 12. The summed E-state index contributed by atoms with van der Waals surface area (Å²) in [6, 6.07) is 5.37. The van der Waals surface area contributed by atoms with E-state index in [4.69, 9.17) is 4.52 Å². The molecule has 2 atom stereocenters. The zero-order valence-corrected chi connectivity index (χ0v) is 32.4. The number of rotatable bonds is 15. The molecule has 0 aliphatic rings. The monoisotopic (exact) mass is 793 g/mol. The molecule has 0 radical (unpaired) electrons. The fraction of sp³-hybridized carbons (Fsp3) is 0.486. The topological polar surface area (TPSA) is 231 Å². The molecule has 0 spiro atoms. The van der Waals surface area contributed by atoms with Gasteiger partial charge in [-0.15, -0.1) is 0 Å². The van der Waals surface area contributed by atoms with E-state index in [2.05, 4.69) is 35.1 Å². The number of aryl methyl sites for hydroxylation is 3. The molecule has 6 aromatic rings. The van der Waals surface area contributed by atoms with Crippen LogP contribution >= 0.6 is 0 Å². The first kappa shape index (κ1) is 41.9. The molecule has 6 heterocycles. The number of halogens is 2. The van der Waals surface area contributed by atoms with Gasteiger partial charge in [-0.1, -0.05) is 44.3 Å².